The molecule has 0 aliphatic rings. The SMILES string of the molecule is Cc1nc2ncnn2c(C)c1CC(=O)OCC(=O)c1ccc(NC(=O)CC(C)C)cc1. The summed E-state index contributed by atoms with van der Waals surface area (Å²) in [4.78, 5) is 44.8. The summed E-state index contributed by atoms with van der Waals surface area (Å²) in [5, 5.41) is 6.88. The topological polar surface area (TPSA) is 116 Å². The number of rotatable bonds is 8. The van der Waals surface area contributed by atoms with Gasteiger partial charge in [-0.1, -0.05) is 13.8 Å². The summed E-state index contributed by atoms with van der Waals surface area (Å²) in [5.41, 5.74) is 3.11. The van der Waals surface area contributed by atoms with E-state index in [1.807, 2.05) is 20.8 Å². The average molecular weight is 423 g/mol. The lowest BCUT2D eigenvalue weighted by Gasteiger charge is -2.10. The summed E-state index contributed by atoms with van der Waals surface area (Å²) in [7, 11) is 0. The van der Waals surface area contributed by atoms with Crippen molar-refractivity contribution < 1.29 is 19.1 Å². The number of amides is 1. The quantitative estimate of drug-likeness (QED) is 0.437. The molecule has 0 bridgehead atoms. The summed E-state index contributed by atoms with van der Waals surface area (Å²) >= 11 is 0. The highest BCUT2D eigenvalue weighted by molar-refractivity contribution is 5.99. The fraction of sp³-hybridized carbons (Fsp3) is 0.364. The number of ether oxygens (including phenoxy) is 1. The molecule has 1 amide bonds. The zero-order valence-electron chi connectivity index (χ0n) is 18.0. The van der Waals surface area contributed by atoms with Crippen LogP contribution in [0.4, 0.5) is 5.69 Å². The second-order valence-electron chi connectivity index (χ2n) is 7.72. The maximum Gasteiger partial charge on any atom is 0.310 e. The Morgan fingerprint density at radius 3 is 2.52 bits per heavy atom. The van der Waals surface area contributed by atoms with E-state index >= 15 is 0 Å². The first kappa shape index (κ1) is 22.1. The van der Waals surface area contributed by atoms with Gasteiger partial charge in [0.15, 0.2) is 12.4 Å². The van der Waals surface area contributed by atoms with Crippen molar-refractivity contribution in [3.8, 4) is 0 Å². The number of aromatic nitrogens is 4. The molecule has 1 aromatic carbocycles. The van der Waals surface area contributed by atoms with Crippen molar-refractivity contribution in [1.29, 1.82) is 0 Å². The van der Waals surface area contributed by atoms with Crippen molar-refractivity contribution in [3.05, 3.63) is 53.1 Å². The van der Waals surface area contributed by atoms with Crippen molar-refractivity contribution in [2.24, 2.45) is 5.92 Å². The molecule has 162 valence electrons. The minimum Gasteiger partial charge on any atom is -0.457 e. The predicted molar refractivity (Wildman–Crippen MR) is 114 cm³/mol. The number of nitrogens with zero attached hydrogens (tertiary/aromatic N) is 4. The van der Waals surface area contributed by atoms with E-state index in [2.05, 4.69) is 20.4 Å². The molecule has 0 aliphatic heterocycles. The minimum absolute atomic E-state index is 0.0193. The molecule has 0 atom stereocenters. The van der Waals surface area contributed by atoms with Gasteiger partial charge in [0.05, 0.1) is 6.42 Å². The van der Waals surface area contributed by atoms with Crippen molar-refractivity contribution in [2.45, 2.75) is 40.5 Å². The van der Waals surface area contributed by atoms with Crippen LogP contribution in [0.2, 0.25) is 0 Å². The molecule has 9 heteroatoms. The molecule has 1 N–H and O–H groups in total. The molecule has 9 nitrogen and oxygen atoms in total. The van der Waals surface area contributed by atoms with Crippen LogP contribution in [0.15, 0.2) is 30.6 Å². The van der Waals surface area contributed by atoms with Crippen LogP contribution in [0, 0.1) is 19.8 Å². The Morgan fingerprint density at radius 2 is 1.84 bits per heavy atom. The lowest BCUT2D eigenvalue weighted by Crippen LogP contribution is -2.18. The van der Waals surface area contributed by atoms with E-state index < -0.39 is 5.97 Å². The molecule has 0 aliphatic carbocycles. The van der Waals surface area contributed by atoms with Gasteiger partial charge in [0.2, 0.25) is 5.91 Å². The van der Waals surface area contributed by atoms with E-state index in [9.17, 15) is 14.4 Å². The monoisotopic (exact) mass is 423 g/mol. The lowest BCUT2D eigenvalue weighted by atomic mass is 10.1. The number of esters is 1. The standard InChI is InChI=1S/C22H25N5O4/c1-13(2)9-20(29)26-17-7-5-16(6-8-17)19(28)11-31-21(30)10-18-14(3)25-22-23-12-24-27(22)15(18)4/h5-8,12-13H,9-11H2,1-4H3,(H,26,29). The summed E-state index contributed by atoms with van der Waals surface area (Å²) in [6, 6.07) is 6.49. The van der Waals surface area contributed by atoms with E-state index in [1.165, 1.54) is 6.33 Å². The number of benzene rings is 1. The molecule has 0 saturated heterocycles. The van der Waals surface area contributed by atoms with Crippen LogP contribution >= 0.6 is 0 Å². The number of anilines is 1. The minimum atomic E-state index is -0.529. The van der Waals surface area contributed by atoms with E-state index in [4.69, 9.17) is 4.74 Å². The highest BCUT2D eigenvalue weighted by Gasteiger charge is 2.17. The van der Waals surface area contributed by atoms with Gasteiger partial charge in [0, 0.05) is 34.6 Å². The number of nitrogens with one attached hydrogen (secondary N) is 1. The van der Waals surface area contributed by atoms with Gasteiger partial charge in [-0.2, -0.15) is 10.1 Å². The van der Waals surface area contributed by atoms with Crippen LogP contribution in [0.1, 0.15) is 47.6 Å². The molecule has 3 aromatic rings. The van der Waals surface area contributed by atoms with Gasteiger partial charge in [-0.15, -0.1) is 0 Å². The number of ketones is 1. The first-order valence-corrected chi connectivity index (χ1v) is 9.99. The molecule has 31 heavy (non-hydrogen) atoms. The molecule has 2 aromatic heterocycles. The van der Waals surface area contributed by atoms with Crippen molar-refractivity contribution in [1.82, 2.24) is 19.6 Å². The molecular weight excluding hydrogens is 398 g/mol. The summed E-state index contributed by atoms with van der Waals surface area (Å²) < 4.78 is 6.73. The summed E-state index contributed by atoms with van der Waals surface area (Å²) in [5.74, 6) is -0.208. The van der Waals surface area contributed by atoms with E-state index in [1.54, 1.807) is 35.7 Å². The maximum absolute atomic E-state index is 12.4. The zero-order valence-corrected chi connectivity index (χ0v) is 18.0. The number of hydrogen-bond acceptors (Lipinski definition) is 7. The van der Waals surface area contributed by atoms with Gasteiger partial charge in [0.25, 0.3) is 5.78 Å². The number of carbonyl (C=O) groups is 3. The third-order valence-electron chi connectivity index (χ3n) is 4.76. The number of fused-ring (bicyclic) bond motifs is 1. The van der Waals surface area contributed by atoms with E-state index in [-0.39, 0.29) is 30.6 Å². The first-order valence-electron chi connectivity index (χ1n) is 9.99. The van der Waals surface area contributed by atoms with Gasteiger partial charge in [-0.3, -0.25) is 14.4 Å². The summed E-state index contributed by atoms with van der Waals surface area (Å²) in [6.45, 7) is 7.18. The van der Waals surface area contributed by atoms with Crippen LogP contribution in [-0.2, 0) is 20.7 Å². The molecule has 0 saturated carbocycles. The second kappa shape index (κ2) is 9.46. The molecular formula is C22H25N5O4. The largest absolute Gasteiger partial charge is 0.457 e. The molecule has 0 fully saturated rings. The number of carbonyl (C=O) groups excluding carboxylic acids is 3. The Morgan fingerprint density at radius 1 is 1.13 bits per heavy atom. The van der Waals surface area contributed by atoms with Crippen LogP contribution in [0.25, 0.3) is 5.78 Å². The fourth-order valence-corrected chi connectivity index (χ4v) is 3.16. The Bertz CT molecular complexity index is 1120. The normalized spacial score (nSPS) is 11.0. The second-order valence-corrected chi connectivity index (χ2v) is 7.72. The van der Waals surface area contributed by atoms with Crippen molar-refractivity contribution in [2.75, 3.05) is 11.9 Å². The fourth-order valence-electron chi connectivity index (χ4n) is 3.16. The van der Waals surface area contributed by atoms with Gasteiger partial charge in [-0.25, -0.2) is 9.50 Å². The van der Waals surface area contributed by atoms with Gasteiger partial charge >= 0.3 is 5.97 Å². The molecule has 0 unspecified atom stereocenters. The maximum atomic E-state index is 12.4. The number of hydrogen-bond donors (Lipinski definition) is 1. The first-order chi connectivity index (χ1) is 14.7. The Hall–Kier alpha value is -3.62. The number of Topliss-reactive ketones (excluding diaryl/α,β-unsaturated/α-hetero) is 1. The molecule has 3 rings (SSSR count). The van der Waals surface area contributed by atoms with Crippen molar-refractivity contribution in [3.63, 3.8) is 0 Å². The third-order valence-corrected chi connectivity index (χ3v) is 4.76. The van der Waals surface area contributed by atoms with Crippen LogP contribution in [0.3, 0.4) is 0 Å². The van der Waals surface area contributed by atoms with Gasteiger partial charge < -0.3 is 10.1 Å². The number of aryl methyl sites for hydroxylation is 2. The third kappa shape index (κ3) is 5.50. The zero-order chi connectivity index (χ0) is 22.5. The molecule has 0 radical (unpaired) electrons. The Kier molecular flexibility index (Phi) is 6.74. The Balaban J connectivity index is 1.56. The lowest BCUT2D eigenvalue weighted by molar-refractivity contribution is -0.141. The Labute approximate surface area is 179 Å². The highest BCUT2D eigenvalue weighted by atomic mass is 16.5. The molecule has 2 heterocycles. The summed E-state index contributed by atoms with van der Waals surface area (Å²) in [6.07, 6.45) is 1.81. The van der Waals surface area contributed by atoms with Gasteiger partial charge in [0.1, 0.15) is 6.33 Å². The van der Waals surface area contributed by atoms with Crippen LogP contribution in [-0.4, -0.2) is 43.8 Å². The molecule has 0 spiro atoms. The van der Waals surface area contributed by atoms with Gasteiger partial charge in [-0.05, 0) is 44.0 Å². The van der Waals surface area contributed by atoms with Crippen molar-refractivity contribution >= 4 is 29.1 Å². The van der Waals surface area contributed by atoms with Crippen LogP contribution < -0.4 is 5.32 Å². The predicted octanol–water partition coefficient (Wildman–Crippen LogP) is 2.69. The highest BCUT2D eigenvalue weighted by Crippen LogP contribution is 2.15. The smallest absolute Gasteiger partial charge is 0.310 e. The van der Waals surface area contributed by atoms with Crippen LogP contribution in [0.5, 0.6) is 0 Å². The van der Waals surface area contributed by atoms with E-state index in [0.29, 0.717) is 34.7 Å². The average Bonchev–Trinajstić information content (AvgIpc) is 3.17. The van der Waals surface area contributed by atoms with E-state index in [0.717, 1.165) is 5.69 Å².